The zero-order chi connectivity index (χ0) is 25.9. The Kier molecular flexibility index (Phi) is 7.62. The molecule has 0 radical (unpaired) electrons. The zero-order valence-electron chi connectivity index (χ0n) is 21.5. The number of aliphatic carboxylic acids is 1. The van der Waals surface area contributed by atoms with Crippen molar-refractivity contribution in [2.45, 2.75) is 64.2 Å². The number of hydrogen-bond acceptors (Lipinski definition) is 5. The van der Waals surface area contributed by atoms with Crippen molar-refractivity contribution in [1.29, 1.82) is 0 Å². The van der Waals surface area contributed by atoms with Gasteiger partial charge >= 0.3 is 5.97 Å². The normalized spacial score (nSPS) is 14.1. The second kappa shape index (κ2) is 10.7. The molecule has 1 unspecified atom stereocenters. The molecule has 0 saturated heterocycles. The summed E-state index contributed by atoms with van der Waals surface area (Å²) in [5, 5.41) is 17.4. The molecule has 1 atom stereocenters. The van der Waals surface area contributed by atoms with Crippen molar-refractivity contribution in [2.75, 3.05) is 18.5 Å². The molecule has 192 valence electrons. The van der Waals surface area contributed by atoms with Crippen LogP contribution < -0.4 is 10.1 Å². The summed E-state index contributed by atoms with van der Waals surface area (Å²) in [5.74, 6) is -0.123. The highest BCUT2D eigenvalue weighted by atomic mass is 19.1. The van der Waals surface area contributed by atoms with Gasteiger partial charge in [0.2, 0.25) is 5.88 Å². The van der Waals surface area contributed by atoms with Gasteiger partial charge in [0.1, 0.15) is 11.6 Å². The molecular weight excluding hydrogens is 459 g/mol. The van der Waals surface area contributed by atoms with Crippen LogP contribution in [0.5, 0.6) is 5.88 Å². The molecule has 0 spiro atoms. The highest BCUT2D eigenvalue weighted by molar-refractivity contribution is 5.68. The van der Waals surface area contributed by atoms with E-state index in [0.717, 1.165) is 36.5 Å². The Bertz CT molecular complexity index is 1230. The largest absolute Gasteiger partial charge is 0.481 e. The molecule has 3 aromatic rings. The molecule has 1 aliphatic heterocycles. The fraction of sp³-hybridized carbons (Fsp3) is 0.464. The average Bonchev–Trinajstić information content (AvgIpc) is 3.16. The van der Waals surface area contributed by atoms with Crippen LogP contribution in [-0.2, 0) is 36.5 Å². The Balaban J connectivity index is 1.44. The van der Waals surface area contributed by atoms with Crippen LogP contribution in [0.1, 0.15) is 67.6 Å². The minimum absolute atomic E-state index is 0.113. The van der Waals surface area contributed by atoms with E-state index in [1.165, 1.54) is 17.7 Å². The fourth-order valence-corrected chi connectivity index (χ4v) is 4.56. The smallest absolute Gasteiger partial charge is 0.303 e. The molecule has 0 saturated carbocycles. The number of halogens is 1. The number of carboxylic acid groups (broad SMARTS) is 1. The predicted octanol–water partition coefficient (Wildman–Crippen LogP) is 5.03. The number of aromatic nitrogens is 3. The van der Waals surface area contributed by atoms with Crippen LogP contribution in [0.2, 0.25) is 0 Å². The van der Waals surface area contributed by atoms with Gasteiger partial charge in [-0.2, -0.15) is 5.10 Å². The Morgan fingerprint density at radius 3 is 2.78 bits per heavy atom. The van der Waals surface area contributed by atoms with E-state index in [-0.39, 0.29) is 17.7 Å². The van der Waals surface area contributed by atoms with Gasteiger partial charge in [0.15, 0.2) is 0 Å². The molecule has 3 heterocycles. The minimum Gasteiger partial charge on any atom is -0.481 e. The van der Waals surface area contributed by atoms with Crippen molar-refractivity contribution in [3.8, 4) is 5.88 Å². The van der Waals surface area contributed by atoms with E-state index in [9.17, 15) is 14.3 Å². The number of pyridine rings is 1. The standard InChI is InChI=1S/C28H35FN4O3/c1-28(2,3)21-12-19(13-22(29)16-21)20(15-26(34)35)14-24-17-25(33(4)32-24)36-11-9-23-8-7-18-6-5-10-30-27(18)31-23/h7-8,12-13,16-17,20H,5-6,9-11,14-15H2,1-4H3,(H,30,31)(H,34,35). The maximum absolute atomic E-state index is 14.4. The summed E-state index contributed by atoms with van der Waals surface area (Å²) < 4.78 is 22.1. The molecular formula is C28H35FN4O3. The van der Waals surface area contributed by atoms with Crippen LogP contribution in [0, 0.1) is 5.82 Å². The summed E-state index contributed by atoms with van der Waals surface area (Å²) in [6.07, 6.45) is 3.10. The van der Waals surface area contributed by atoms with Gasteiger partial charge in [0, 0.05) is 37.7 Å². The summed E-state index contributed by atoms with van der Waals surface area (Å²) in [6, 6.07) is 10.9. The van der Waals surface area contributed by atoms with E-state index in [0.29, 0.717) is 36.6 Å². The SMILES string of the molecule is Cn1nc(CC(CC(=O)O)c2cc(F)cc(C(C)(C)C)c2)cc1OCCc1ccc2c(n1)NCCC2. The van der Waals surface area contributed by atoms with Crippen molar-refractivity contribution < 1.29 is 19.0 Å². The number of anilines is 1. The number of hydrogen-bond donors (Lipinski definition) is 2. The number of benzene rings is 1. The van der Waals surface area contributed by atoms with Gasteiger partial charge in [-0.25, -0.2) is 14.1 Å². The summed E-state index contributed by atoms with van der Waals surface area (Å²) >= 11 is 0. The highest BCUT2D eigenvalue weighted by Gasteiger charge is 2.23. The Morgan fingerprint density at radius 2 is 2.03 bits per heavy atom. The monoisotopic (exact) mass is 494 g/mol. The molecule has 7 nitrogen and oxygen atoms in total. The molecule has 0 bridgehead atoms. The van der Waals surface area contributed by atoms with Gasteiger partial charge in [-0.3, -0.25) is 4.79 Å². The summed E-state index contributed by atoms with van der Waals surface area (Å²) in [7, 11) is 1.80. The van der Waals surface area contributed by atoms with Crippen LogP contribution in [0.3, 0.4) is 0 Å². The van der Waals surface area contributed by atoms with E-state index >= 15 is 0 Å². The van der Waals surface area contributed by atoms with Gasteiger partial charge in [-0.1, -0.05) is 32.9 Å². The zero-order valence-corrected chi connectivity index (χ0v) is 21.5. The first kappa shape index (κ1) is 25.7. The number of aryl methyl sites for hydroxylation is 2. The molecule has 0 aliphatic carbocycles. The van der Waals surface area contributed by atoms with Gasteiger partial charge in [0.25, 0.3) is 0 Å². The number of rotatable bonds is 9. The van der Waals surface area contributed by atoms with E-state index in [4.69, 9.17) is 9.72 Å². The molecule has 1 aliphatic rings. The van der Waals surface area contributed by atoms with Crippen LogP contribution in [-0.4, -0.2) is 39.0 Å². The van der Waals surface area contributed by atoms with Gasteiger partial charge < -0.3 is 15.2 Å². The van der Waals surface area contributed by atoms with Crippen molar-refractivity contribution in [2.24, 2.45) is 7.05 Å². The van der Waals surface area contributed by atoms with Crippen molar-refractivity contribution in [3.05, 3.63) is 70.3 Å². The third-order valence-corrected chi connectivity index (χ3v) is 6.58. The Labute approximate surface area is 211 Å². The maximum Gasteiger partial charge on any atom is 0.303 e. The summed E-state index contributed by atoms with van der Waals surface area (Å²) in [5.41, 5.74) is 4.18. The van der Waals surface area contributed by atoms with Crippen LogP contribution in [0.25, 0.3) is 0 Å². The topological polar surface area (TPSA) is 89.3 Å². The first-order valence-corrected chi connectivity index (χ1v) is 12.5. The second-order valence-corrected chi connectivity index (χ2v) is 10.6. The molecule has 0 fully saturated rings. The first-order chi connectivity index (χ1) is 17.1. The molecule has 36 heavy (non-hydrogen) atoms. The van der Waals surface area contributed by atoms with Crippen molar-refractivity contribution >= 4 is 11.8 Å². The molecule has 4 rings (SSSR count). The van der Waals surface area contributed by atoms with E-state index in [1.807, 2.05) is 39.0 Å². The number of nitrogens with one attached hydrogen (secondary N) is 1. The van der Waals surface area contributed by atoms with Gasteiger partial charge in [-0.15, -0.1) is 0 Å². The lowest BCUT2D eigenvalue weighted by Crippen LogP contribution is -2.15. The van der Waals surface area contributed by atoms with E-state index in [1.54, 1.807) is 11.7 Å². The predicted molar refractivity (Wildman–Crippen MR) is 137 cm³/mol. The molecule has 1 aromatic carbocycles. The van der Waals surface area contributed by atoms with E-state index < -0.39 is 11.9 Å². The average molecular weight is 495 g/mol. The van der Waals surface area contributed by atoms with Gasteiger partial charge in [0.05, 0.1) is 18.7 Å². The molecule has 0 amide bonds. The lowest BCUT2D eigenvalue weighted by atomic mass is 9.83. The third-order valence-electron chi connectivity index (χ3n) is 6.58. The van der Waals surface area contributed by atoms with Crippen molar-refractivity contribution in [3.63, 3.8) is 0 Å². The van der Waals surface area contributed by atoms with Crippen LogP contribution >= 0.6 is 0 Å². The van der Waals surface area contributed by atoms with Gasteiger partial charge in [-0.05, 0) is 59.6 Å². The summed E-state index contributed by atoms with van der Waals surface area (Å²) in [6.45, 7) is 7.43. The number of ether oxygens (including phenoxy) is 1. The van der Waals surface area contributed by atoms with Crippen LogP contribution in [0.4, 0.5) is 10.2 Å². The minimum atomic E-state index is -0.930. The number of nitrogens with zero attached hydrogens (tertiary/aromatic N) is 3. The fourth-order valence-electron chi connectivity index (χ4n) is 4.56. The van der Waals surface area contributed by atoms with Crippen LogP contribution in [0.15, 0.2) is 36.4 Å². The Hall–Kier alpha value is -3.42. The second-order valence-electron chi connectivity index (χ2n) is 10.6. The Morgan fingerprint density at radius 1 is 1.22 bits per heavy atom. The first-order valence-electron chi connectivity index (χ1n) is 12.5. The van der Waals surface area contributed by atoms with E-state index in [2.05, 4.69) is 16.5 Å². The lowest BCUT2D eigenvalue weighted by Gasteiger charge is -2.22. The number of carbonyl (C=O) groups is 1. The lowest BCUT2D eigenvalue weighted by molar-refractivity contribution is -0.137. The van der Waals surface area contributed by atoms with Crippen molar-refractivity contribution in [1.82, 2.24) is 14.8 Å². The quantitative estimate of drug-likeness (QED) is 0.434. The molecule has 2 N–H and O–H groups in total. The highest BCUT2D eigenvalue weighted by Crippen LogP contribution is 2.31. The summed E-state index contributed by atoms with van der Waals surface area (Å²) in [4.78, 5) is 16.3. The number of carboxylic acids is 1. The number of fused-ring (bicyclic) bond motifs is 1. The third kappa shape index (κ3) is 6.42. The maximum atomic E-state index is 14.4. The molecule has 2 aromatic heterocycles. The molecule has 8 heteroatoms.